The molecule has 15 heavy (non-hydrogen) atoms. The number of hydrogen-bond donors (Lipinski definition) is 0. The number of Topliss-reactive ketones (excluding diaryl/α,β-unsaturated/α-hetero) is 1. The molecule has 2 nitrogen and oxygen atoms in total. The summed E-state index contributed by atoms with van der Waals surface area (Å²) in [7, 11) is 1.41. The zero-order valence-electron chi connectivity index (χ0n) is 9.21. The number of ether oxygens (including phenoxy) is 1. The van der Waals surface area contributed by atoms with E-state index in [-0.39, 0.29) is 23.9 Å². The minimum absolute atomic E-state index is 0.0298. The van der Waals surface area contributed by atoms with Crippen LogP contribution in [-0.2, 0) is 11.2 Å². The van der Waals surface area contributed by atoms with Crippen LogP contribution in [0.1, 0.15) is 19.4 Å². The molecule has 0 saturated carbocycles. The van der Waals surface area contributed by atoms with E-state index in [2.05, 4.69) is 0 Å². The number of benzene rings is 1. The number of carbonyl (C=O) groups is 1. The van der Waals surface area contributed by atoms with Crippen LogP contribution < -0.4 is 4.74 Å². The summed E-state index contributed by atoms with van der Waals surface area (Å²) in [6, 6.07) is 4.83. The molecule has 82 valence electrons. The minimum atomic E-state index is -0.436. The van der Waals surface area contributed by atoms with E-state index >= 15 is 0 Å². The fraction of sp³-hybridized carbons (Fsp3) is 0.417. The first-order valence-electron chi connectivity index (χ1n) is 4.90. The molecule has 0 aromatic heterocycles. The van der Waals surface area contributed by atoms with Gasteiger partial charge >= 0.3 is 0 Å². The lowest BCUT2D eigenvalue weighted by atomic mass is 10.0. The van der Waals surface area contributed by atoms with Crippen molar-refractivity contribution in [3.63, 3.8) is 0 Å². The molecule has 0 spiro atoms. The van der Waals surface area contributed by atoms with Crippen LogP contribution in [0.5, 0.6) is 5.75 Å². The smallest absolute Gasteiger partial charge is 0.168 e. The summed E-state index contributed by atoms with van der Waals surface area (Å²) in [6.07, 6.45) is 0.126. The highest BCUT2D eigenvalue weighted by Gasteiger charge is 2.13. The van der Waals surface area contributed by atoms with Crippen molar-refractivity contribution in [2.24, 2.45) is 5.92 Å². The maximum absolute atomic E-state index is 13.6. The molecule has 0 fully saturated rings. The molecular weight excluding hydrogens is 195 g/mol. The van der Waals surface area contributed by atoms with Gasteiger partial charge in [0, 0.05) is 12.3 Å². The van der Waals surface area contributed by atoms with E-state index in [1.807, 2.05) is 0 Å². The van der Waals surface area contributed by atoms with Crippen molar-refractivity contribution in [3.8, 4) is 5.75 Å². The predicted molar refractivity (Wildman–Crippen MR) is 56.5 cm³/mol. The molecule has 0 radical (unpaired) electrons. The van der Waals surface area contributed by atoms with Gasteiger partial charge in [0.25, 0.3) is 0 Å². The van der Waals surface area contributed by atoms with E-state index in [4.69, 9.17) is 4.74 Å². The van der Waals surface area contributed by atoms with Gasteiger partial charge in [0.2, 0.25) is 0 Å². The Labute approximate surface area is 89.1 Å². The summed E-state index contributed by atoms with van der Waals surface area (Å²) in [6.45, 7) is 3.61. The second-order valence-electron chi connectivity index (χ2n) is 3.73. The molecule has 0 aliphatic rings. The van der Waals surface area contributed by atoms with Crippen LogP contribution >= 0.6 is 0 Å². The molecule has 1 rings (SSSR count). The second kappa shape index (κ2) is 4.91. The highest BCUT2D eigenvalue weighted by molar-refractivity contribution is 5.82. The summed E-state index contributed by atoms with van der Waals surface area (Å²) in [5.41, 5.74) is 0.396. The highest BCUT2D eigenvalue weighted by atomic mass is 19.1. The van der Waals surface area contributed by atoms with Crippen molar-refractivity contribution >= 4 is 5.78 Å². The SMILES string of the molecule is COc1cccc(CC(=O)C(C)C)c1F. The molecule has 1 aromatic carbocycles. The van der Waals surface area contributed by atoms with Crippen LogP contribution in [0.15, 0.2) is 18.2 Å². The quantitative estimate of drug-likeness (QED) is 0.763. The van der Waals surface area contributed by atoms with Gasteiger partial charge in [-0.1, -0.05) is 26.0 Å². The van der Waals surface area contributed by atoms with Gasteiger partial charge in [0.1, 0.15) is 5.78 Å². The molecule has 0 atom stereocenters. The number of ketones is 1. The first kappa shape index (κ1) is 11.7. The normalized spacial score (nSPS) is 10.5. The Morgan fingerprint density at radius 2 is 2.13 bits per heavy atom. The van der Waals surface area contributed by atoms with E-state index < -0.39 is 5.82 Å². The maximum atomic E-state index is 13.6. The molecule has 0 heterocycles. The summed E-state index contributed by atoms with van der Waals surface area (Å²) < 4.78 is 18.5. The molecular formula is C12H15FO2. The first-order chi connectivity index (χ1) is 7.06. The van der Waals surface area contributed by atoms with Gasteiger partial charge in [-0.05, 0) is 11.6 Å². The van der Waals surface area contributed by atoms with E-state index in [1.54, 1.807) is 32.0 Å². The third-order valence-corrected chi connectivity index (χ3v) is 2.27. The molecule has 0 aliphatic heterocycles. The van der Waals surface area contributed by atoms with Crippen LogP contribution in [0.3, 0.4) is 0 Å². The van der Waals surface area contributed by atoms with E-state index in [0.29, 0.717) is 5.56 Å². The zero-order chi connectivity index (χ0) is 11.4. The van der Waals surface area contributed by atoms with Crippen LogP contribution in [-0.4, -0.2) is 12.9 Å². The minimum Gasteiger partial charge on any atom is -0.494 e. The first-order valence-corrected chi connectivity index (χ1v) is 4.90. The topological polar surface area (TPSA) is 26.3 Å². The second-order valence-corrected chi connectivity index (χ2v) is 3.73. The van der Waals surface area contributed by atoms with Gasteiger partial charge in [-0.15, -0.1) is 0 Å². The molecule has 3 heteroatoms. The van der Waals surface area contributed by atoms with Crippen molar-refractivity contribution in [1.82, 2.24) is 0 Å². The fourth-order valence-electron chi connectivity index (χ4n) is 1.24. The average Bonchev–Trinajstić information content (AvgIpc) is 2.21. The van der Waals surface area contributed by atoms with Crippen LogP contribution in [0, 0.1) is 11.7 Å². The Morgan fingerprint density at radius 3 is 2.67 bits per heavy atom. The zero-order valence-corrected chi connectivity index (χ0v) is 9.21. The van der Waals surface area contributed by atoms with Gasteiger partial charge < -0.3 is 4.74 Å². The number of hydrogen-bond acceptors (Lipinski definition) is 2. The van der Waals surface area contributed by atoms with Crippen LogP contribution in [0.4, 0.5) is 4.39 Å². The summed E-state index contributed by atoms with van der Waals surface area (Å²) >= 11 is 0. The third kappa shape index (κ3) is 2.78. The van der Waals surface area contributed by atoms with Gasteiger partial charge in [-0.3, -0.25) is 4.79 Å². The van der Waals surface area contributed by atoms with Crippen molar-refractivity contribution in [3.05, 3.63) is 29.6 Å². The lowest BCUT2D eigenvalue weighted by molar-refractivity contribution is -0.121. The molecule has 0 unspecified atom stereocenters. The number of rotatable bonds is 4. The molecule has 0 aliphatic carbocycles. The standard InChI is InChI=1S/C12H15FO2/c1-8(2)10(14)7-9-5-4-6-11(15-3)12(9)13/h4-6,8H,7H2,1-3H3. The van der Waals surface area contributed by atoms with Gasteiger partial charge in [-0.2, -0.15) is 0 Å². The van der Waals surface area contributed by atoms with Crippen molar-refractivity contribution in [1.29, 1.82) is 0 Å². The van der Waals surface area contributed by atoms with E-state index in [9.17, 15) is 9.18 Å². The van der Waals surface area contributed by atoms with Crippen molar-refractivity contribution < 1.29 is 13.9 Å². The number of halogens is 1. The number of carbonyl (C=O) groups excluding carboxylic acids is 1. The Bertz CT molecular complexity index is 359. The highest BCUT2D eigenvalue weighted by Crippen LogP contribution is 2.21. The molecule has 0 saturated heterocycles. The van der Waals surface area contributed by atoms with Gasteiger partial charge in [-0.25, -0.2) is 4.39 Å². The Hall–Kier alpha value is -1.38. The van der Waals surface area contributed by atoms with Gasteiger partial charge in [0.05, 0.1) is 7.11 Å². The molecule has 1 aromatic rings. The Kier molecular flexibility index (Phi) is 3.83. The maximum Gasteiger partial charge on any atom is 0.168 e. The fourth-order valence-corrected chi connectivity index (χ4v) is 1.24. The molecule has 0 amide bonds. The average molecular weight is 210 g/mol. The van der Waals surface area contributed by atoms with Crippen LogP contribution in [0.25, 0.3) is 0 Å². The summed E-state index contributed by atoms with van der Waals surface area (Å²) in [5, 5.41) is 0. The summed E-state index contributed by atoms with van der Waals surface area (Å²) in [5.74, 6) is -0.296. The van der Waals surface area contributed by atoms with Gasteiger partial charge in [0.15, 0.2) is 11.6 Å². The monoisotopic (exact) mass is 210 g/mol. The van der Waals surface area contributed by atoms with E-state index in [0.717, 1.165) is 0 Å². The van der Waals surface area contributed by atoms with Crippen molar-refractivity contribution in [2.45, 2.75) is 20.3 Å². The van der Waals surface area contributed by atoms with Crippen molar-refractivity contribution in [2.75, 3.05) is 7.11 Å². The third-order valence-electron chi connectivity index (χ3n) is 2.27. The Balaban J connectivity index is 2.91. The molecule has 0 bridgehead atoms. The van der Waals surface area contributed by atoms with E-state index in [1.165, 1.54) is 7.11 Å². The van der Waals surface area contributed by atoms with Crippen LogP contribution in [0.2, 0.25) is 0 Å². The Morgan fingerprint density at radius 1 is 1.47 bits per heavy atom. The number of methoxy groups -OCH3 is 1. The predicted octanol–water partition coefficient (Wildman–Crippen LogP) is 2.60. The summed E-state index contributed by atoms with van der Waals surface area (Å²) in [4.78, 5) is 11.5. The lowest BCUT2D eigenvalue weighted by Crippen LogP contribution is -2.11. The molecule has 0 N–H and O–H groups in total. The lowest BCUT2D eigenvalue weighted by Gasteiger charge is -2.08. The largest absolute Gasteiger partial charge is 0.494 e.